The second-order valence-corrected chi connectivity index (χ2v) is 6.79. The lowest BCUT2D eigenvalue weighted by Crippen LogP contribution is -2.27. The molecule has 6 heteroatoms. The van der Waals surface area contributed by atoms with Crippen molar-refractivity contribution in [3.8, 4) is 0 Å². The summed E-state index contributed by atoms with van der Waals surface area (Å²) in [6.07, 6.45) is 5.27. The van der Waals surface area contributed by atoms with Gasteiger partial charge in [-0.2, -0.15) is 0 Å². The lowest BCUT2D eigenvalue weighted by molar-refractivity contribution is -0.122. The van der Waals surface area contributed by atoms with Gasteiger partial charge in [0.1, 0.15) is 4.32 Å². The summed E-state index contributed by atoms with van der Waals surface area (Å²) in [5.41, 5.74) is 1.87. The van der Waals surface area contributed by atoms with Crippen LogP contribution in [0.4, 0.5) is 0 Å². The van der Waals surface area contributed by atoms with Gasteiger partial charge in [0.15, 0.2) is 0 Å². The molecule has 22 heavy (non-hydrogen) atoms. The van der Waals surface area contributed by atoms with E-state index in [4.69, 9.17) is 23.8 Å². The molecule has 0 spiro atoms. The van der Waals surface area contributed by atoms with E-state index in [0.717, 1.165) is 11.1 Å². The topological polar surface area (TPSA) is 33.2 Å². The SMILES string of the molecule is O=C1C(=Cc2ccc(Cl)cc2)SC(=S)N1Cc1cccnc1. The van der Waals surface area contributed by atoms with Crippen molar-refractivity contribution in [1.29, 1.82) is 0 Å². The molecule has 0 radical (unpaired) electrons. The van der Waals surface area contributed by atoms with E-state index in [-0.39, 0.29) is 5.91 Å². The zero-order valence-corrected chi connectivity index (χ0v) is 13.8. The normalized spacial score (nSPS) is 16.6. The Morgan fingerprint density at radius 3 is 2.73 bits per heavy atom. The molecule has 2 heterocycles. The molecule has 1 saturated heterocycles. The van der Waals surface area contributed by atoms with Crippen LogP contribution in [0.15, 0.2) is 53.7 Å². The third-order valence-electron chi connectivity index (χ3n) is 3.10. The van der Waals surface area contributed by atoms with Gasteiger partial charge in [-0.05, 0) is 35.4 Å². The largest absolute Gasteiger partial charge is 0.288 e. The van der Waals surface area contributed by atoms with Gasteiger partial charge in [0.25, 0.3) is 5.91 Å². The summed E-state index contributed by atoms with van der Waals surface area (Å²) in [6, 6.07) is 11.1. The molecule has 1 aliphatic rings. The standard InChI is InChI=1S/C16H11ClN2OS2/c17-13-5-3-11(4-6-13)8-14-15(20)19(16(21)22-14)10-12-2-1-7-18-9-12/h1-9H,10H2. The predicted octanol–water partition coefficient (Wildman–Crippen LogP) is 4.14. The fourth-order valence-corrected chi connectivity index (χ4v) is 3.40. The second kappa shape index (κ2) is 6.60. The number of nitrogens with zero attached hydrogens (tertiary/aromatic N) is 2. The maximum atomic E-state index is 12.5. The Bertz CT molecular complexity index is 745. The number of thioether (sulfide) groups is 1. The molecule has 2 aromatic rings. The highest BCUT2D eigenvalue weighted by Crippen LogP contribution is 2.33. The molecule has 1 amide bonds. The van der Waals surface area contributed by atoms with Crippen molar-refractivity contribution in [3.63, 3.8) is 0 Å². The number of pyridine rings is 1. The Hall–Kier alpha value is -1.69. The Kier molecular flexibility index (Phi) is 4.57. The summed E-state index contributed by atoms with van der Waals surface area (Å²) >= 11 is 12.5. The average Bonchev–Trinajstić information content (AvgIpc) is 2.78. The molecule has 1 aliphatic heterocycles. The zero-order chi connectivity index (χ0) is 15.5. The Morgan fingerprint density at radius 1 is 1.27 bits per heavy atom. The molecule has 3 nitrogen and oxygen atoms in total. The average molecular weight is 347 g/mol. The van der Waals surface area contributed by atoms with Crippen LogP contribution >= 0.6 is 35.6 Å². The van der Waals surface area contributed by atoms with E-state index < -0.39 is 0 Å². The van der Waals surface area contributed by atoms with E-state index in [9.17, 15) is 4.79 Å². The van der Waals surface area contributed by atoms with E-state index in [1.807, 2.05) is 30.3 Å². The number of rotatable bonds is 3. The van der Waals surface area contributed by atoms with Gasteiger partial charge in [-0.15, -0.1) is 0 Å². The lowest BCUT2D eigenvalue weighted by atomic mass is 10.2. The lowest BCUT2D eigenvalue weighted by Gasteiger charge is -2.13. The summed E-state index contributed by atoms with van der Waals surface area (Å²) < 4.78 is 0.564. The van der Waals surface area contributed by atoms with Crippen molar-refractivity contribution >= 4 is 51.9 Å². The number of hydrogen-bond acceptors (Lipinski definition) is 4. The minimum absolute atomic E-state index is 0.0752. The van der Waals surface area contributed by atoms with Crippen LogP contribution < -0.4 is 0 Å². The van der Waals surface area contributed by atoms with E-state index >= 15 is 0 Å². The van der Waals surface area contributed by atoms with Crippen LogP contribution in [0.5, 0.6) is 0 Å². The highest BCUT2D eigenvalue weighted by atomic mass is 35.5. The van der Waals surface area contributed by atoms with Crippen molar-refractivity contribution < 1.29 is 4.79 Å². The second-order valence-electron chi connectivity index (χ2n) is 4.68. The number of benzene rings is 1. The van der Waals surface area contributed by atoms with Crippen molar-refractivity contribution in [2.24, 2.45) is 0 Å². The third-order valence-corrected chi connectivity index (χ3v) is 4.73. The minimum Gasteiger partial charge on any atom is -0.288 e. The van der Waals surface area contributed by atoms with Gasteiger partial charge in [-0.25, -0.2) is 0 Å². The van der Waals surface area contributed by atoms with Gasteiger partial charge < -0.3 is 0 Å². The first kappa shape index (κ1) is 15.2. The number of hydrogen-bond donors (Lipinski definition) is 0. The molecule has 1 fully saturated rings. The monoisotopic (exact) mass is 346 g/mol. The number of halogens is 1. The van der Waals surface area contributed by atoms with Gasteiger partial charge >= 0.3 is 0 Å². The van der Waals surface area contributed by atoms with Crippen LogP contribution in [0.2, 0.25) is 5.02 Å². The van der Waals surface area contributed by atoms with Crippen LogP contribution in [-0.4, -0.2) is 20.1 Å². The first-order valence-corrected chi connectivity index (χ1v) is 8.13. The Labute approximate surface area is 143 Å². The van der Waals surface area contributed by atoms with Crippen molar-refractivity contribution in [3.05, 3.63) is 69.8 Å². The summed E-state index contributed by atoms with van der Waals surface area (Å²) in [5, 5.41) is 0.668. The molecule has 0 saturated carbocycles. The fourth-order valence-electron chi connectivity index (χ4n) is 2.02. The smallest absolute Gasteiger partial charge is 0.266 e. The molecule has 1 aromatic carbocycles. The maximum absolute atomic E-state index is 12.5. The van der Waals surface area contributed by atoms with Crippen LogP contribution in [0.1, 0.15) is 11.1 Å². The molecular weight excluding hydrogens is 336 g/mol. The molecular formula is C16H11ClN2OS2. The van der Waals surface area contributed by atoms with Crippen LogP contribution in [-0.2, 0) is 11.3 Å². The van der Waals surface area contributed by atoms with Gasteiger partial charge in [0, 0.05) is 17.4 Å². The number of carbonyl (C=O) groups excluding carboxylic acids is 1. The van der Waals surface area contributed by atoms with E-state index in [1.54, 1.807) is 29.4 Å². The van der Waals surface area contributed by atoms with Crippen molar-refractivity contribution in [2.75, 3.05) is 0 Å². The van der Waals surface area contributed by atoms with E-state index in [1.165, 1.54) is 11.8 Å². The van der Waals surface area contributed by atoms with Crippen LogP contribution in [0.25, 0.3) is 6.08 Å². The minimum atomic E-state index is -0.0752. The summed E-state index contributed by atoms with van der Waals surface area (Å²) in [6.45, 7) is 0.441. The molecule has 0 bridgehead atoms. The fraction of sp³-hybridized carbons (Fsp3) is 0.0625. The first-order valence-electron chi connectivity index (χ1n) is 6.53. The third kappa shape index (κ3) is 3.38. The molecule has 0 atom stereocenters. The first-order chi connectivity index (χ1) is 10.6. The molecule has 0 unspecified atom stereocenters. The molecule has 3 rings (SSSR count). The van der Waals surface area contributed by atoms with Gasteiger partial charge in [-0.1, -0.05) is 53.8 Å². The van der Waals surface area contributed by atoms with Crippen molar-refractivity contribution in [1.82, 2.24) is 9.88 Å². The number of carbonyl (C=O) groups is 1. The highest BCUT2D eigenvalue weighted by molar-refractivity contribution is 8.26. The van der Waals surface area contributed by atoms with E-state index in [2.05, 4.69) is 4.98 Å². The number of amides is 1. The van der Waals surface area contributed by atoms with E-state index in [0.29, 0.717) is 20.8 Å². The summed E-state index contributed by atoms with van der Waals surface area (Å²) in [5.74, 6) is -0.0752. The summed E-state index contributed by atoms with van der Waals surface area (Å²) in [7, 11) is 0. The molecule has 0 N–H and O–H groups in total. The van der Waals surface area contributed by atoms with Crippen molar-refractivity contribution in [2.45, 2.75) is 6.54 Å². The quantitative estimate of drug-likeness (QED) is 0.618. The van der Waals surface area contributed by atoms with Crippen LogP contribution in [0.3, 0.4) is 0 Å². The Balaban J connectivity index is 1.80. The summed E-state index contributed by atoms with van der Waals surface area (Å²) in [4.78, 5) is 18.8. The Morgan fingerprint density at radius 2 is 2.05 bits per heavy atom. The molecule has 0 aliphatic carbocycles. The van der Waals surface area contributed by atoms with Gasteiger partial charge in [0.2, 0.25) is 0 Å². The molecule has 110 valence electrons. The number of aromatic nitrogens is 1. The number of thiocarbonyl (C=S) groups is 1. The predicted molar refractivity (Wildman–Crippen MR) is 94.4 cm³/mol. The zero-order valence-electron chi connectivity index (χ0n) is 11.4. The highest BCUT2D eigenvalue weighted by Gasteiger charge is 2.31. The van der Waals surface area contributed by atoms with Gasteiger partial charge in [0.05, 0.1) is 11.4 Å². The van der Waals surface area contributed by atoms with Crippen LogP contribution in [0, 0.1) is 0 Å². The van der Waals surface area contributed by atoms with Gasteiger partial charge in [-0.3, -0.25) is 14.7 Å². The molecule has 1 aromatic heterocycles. The maximum Gasteiger partial charge on any atom is 0.266 e.